The number of hydrogen-bond donors (Lipinski definition) is 1. The molecule has 2 aromatic rings. The molecule has 1 atom stereocenters. The Kier molecular flexibility index (Phi) is 6.36. The Morgan fingerprint density at radius 1 is 1.41 bits per heavy atom. The topological polar surface area (TPSA) is 32.3 Å². The molecule has 116 valence electrons. The number of hydrogen-bond acceptors (Lipinski definition) is 3. The largest absolute Gasteiger partial charge is 0.351 e. The van der Waals surface area contributed by atoms with Gasteiger partial charge in [-0.2, -0.15) is 11.3 Å². The molecular formula is C17H19BrN2OS. The lowest BCUT2D eigenvalue weighted by atomic mass is 10.1. The molecule has 0 aliphatic rings. The molecule has 0 saturated heterocycles. The number of rotatable bonds is 6. The molecule has 1 aromatic carbocycles. The van der Waals surface area contributed by atoms with Crippen LogP contribution in [-0.2, 0) is 4.79 Å². The van der Waals surface area contributed by atoms with Crippen LogP contribution >= 0.6 is 27.3 Å². The minimum absolute atomic E-state index is 0.0814. The molecule has 2 rings (SSSR count). The van der Waals surface area contributed by atoms with E-state index in [9.17, 15) is 4.79 Å². The van der Waals surface area contributed by atoms with E-state index >= 15 is 0 Å². The first kappa shape index (κ1) is 16.9. The average Bonchev–Trinajstić information content (AvgIpc) is 2.99. The second kappa shape index (κ2) is 8.27. The van der Waals surface area contributed by atoms with Crippen molar-refractivity contribution < 1.29 is 4.79 Å². The zero-order chi connectivity index (χ0) is 15.9. The lowest BCUT2D eigenvalue weighted by molar-refractivity contribution is -0.116. The smallest absolute Gasteiger partial charge is 0.244 e. The van der Waals surface area contributed by atoms with Crippen LogP contribution in [0.25, 0.3) is 6.08 Å². The Hall–Kier alpha value is -1.43. The van der Waals surface area contributed by atoms with Crippen molar-refractivity contribution in [1.29, 1.82) is 0 Å². The molecule has 1 amide bonds. The van der Waals surface area contributed by atoms with Crippen LogP contribution in [0, 0.1) is 0 Å². The third-order valence-electron chi connectivity index (χ3n) is 3.30. The number of carbonyl (C=O) groups is 1. The fourth-order valence-electron chi connectivity index (χ4n) is 2.10. The Morgan fingerprint density at radius 2 is 2.23 bits per heavy atom. The van der Waals surface area contributed by atoms with E-state index in [0.717, 1.165) is 10.0 Å². The predicted molar refractivity (Wildman–Crippen MR) is 96.9 cm³/mol. The molecule has 3 nitrogen and oxygen atoms in total. The van der Waals surface area contributed by atoms with Gasteiger partial charge in [-0.25, -0.2) is 0 Å². The van der Waals surface area contributed by atoms with Crippen LogP contribution in [-0.4, -0.2) is 31.4 Å². The van der Waals surface area contributed by atoms with Gasteiger partial charge < -0.3 is 10.2 Å². The van der Waals surface area contributed by atoms with Gasteiger partial charge in [0.15, 0.2) is 0 Å². The minimum atomic E-state index is -0.0814. The number of nitrogens with zero attached hydrogens (tertiary/aromatic N) is 1. The quantitative estimate of drug-likeness (QED) is 0.771. The highest BCUT2D eigenvalue weighted by atomic mass is 79.9. The summed E-state index contributed by atoms with van der Waals surface area (Å²) in [4.78, 5) is 14.1. The van der Waals surface area contributed by atoms with Crippen molar-refractivity contribution >= 4 is 39.2 Å². The van der Waals surface area contributed by atoms with Gasteiger partial charge in [-0.05, 0) is 60.3 Å². The van der Waals surface area contributed by atoms with E-state index in [1.807, 2.05) is 44.4 Å². The SMILES string of the molecule is CN(C)[C@H](CNC(=O)/C=C/c1cccc(Br)c1)c1ccsc1. The molecule has 0 aliphatic carbocycles. The molecule has 0 spiro atoms. The van der Waals surface area contributed by atoms with Crippen molar-refractivity contribution in [3.63, 3.8) is 0 Å². The lowest BCUT2D eigenvalue weighted by Crippen LogP contribution is -2.33. The number of benzene rings is 1. The van der Waals surface area contributed by atoms with Crippen molar-refractivity contribution in [2.24, 2.45) is 0 Å². The second-order valence-electron chi connectivity index (χ2n) is 5.17. The van der Waals surface area contributed by atoms with Crippen LogP contribution in [0.1, 0.15) is 17.2 Å². The van der Waals surface area contributed by atoms with Gasteiger partial charge in [0.25, 0.3) is 0 Å². The van der Waals surface area contributed by atoms with Crippen molar-refractivity contribution in [2.45, 2.75) is 6.04 Å². The number of nitrogens with one attached hydrogen (secondary N) is 1. The Morgan fingerprint density at radius 3 is 2.86 bits per heavy atom. The minimum Gasteiger partial charge on any atom is -0.351 e. The highest BCUT2D eigenvalue weighted by Crippen LogP contribution is 2.20. The van der Waals surface area contributed by atoms with Gasteiger partial charge in [-0.3, -0.25) is 4.79 Å². The van der Waals surface area contributed by atoms with Crippen LogP contribution in [0.5, 0.6) is 0 Å². The summed E-state index contributed by atoms with van der Waals surface area (Å²) in [6, 6.07) is 10.1. The van der Waals surface area contributed by atoms with Crippen LogP contribution in [0.15, 0.2) is 51.6 Å². The summed E-state index contributed by atoms with van der Waals surface area (Å²) in [5, 5.41) is 7.14. The molecule has 1 N–H and O–H groups in total. The third-order valence-corrected chi connectivity index (χ3v) is 4.49. The number of amides is 1. The average molecular weight is 379 g/mol. The van der Waals surface area contributed by atoms with E-state index in [-0.39, 0.29) is 11.9 Å². The second-order valence-corrected chi connectivity index (χ2v) is 6.87. The monoisotopic (exact) mass is 378 g/mol. The molecule has 0 bridgehead atoms. The third kappa shape index (κ3) is 5.09. The fraction of sp³-hybridized carbons (Fsp3) is 0.235. The molecular weight excluding hydrogens is 360 g/mol. The van der Waals surface area contributed by atoms with Gasteiger partial charge in [0.2, 0.25) is 5.91 Å². The van der Waals surface area contributed by atoms with Crippen LogP contribution in [0.4, 0.5) is 0 Å². The Labute approximate surface area is 143 Å². The predicted octanol–water partition coefficient (Wildman–Crippen LogP) is 3.94. The van der Waals surface area contributed by atoms with E-state index in [1.54, 1.807) is 17.4 Å². The van der Waals surface area contributed by atoms with E-state index in [4.69, 9.17) is 0 Å². The molecule has 0 radical (unpaired) electrons. The van der Waals surface area contributed by atoms with Crippen LogP contribution < -0.4 is 5.32 Å². The van der Waals surface area contributed by atoms with Gasteiger partial charge >= 0.3 is 0 Å². The van der Waals surface area contributed by atoms with Gasteiger partial charge in [0, 0.05) is 17.1 Å². The maximum absolute atomic E-state index is 12.0. The maximum atomic E-state index is 12.0. The molecule has 1 aromatic heterocycles. The summed E-state index contributed by atoms with van der Waals surface area (Å²) in [6.07, 6.45) is 3.39. The molecule has 22 heavy (non-hydrogen) atoms. The number of halogens is 1. The Balaban J connectivity index is 1.91. The van der Waals surface area contributed by atoms with Gasteiger partial charge in [0.05, 0.1) is 6.04 Å². The van der Waals surface area contributed by atoms with Crippen LogP contribution in [0.2, 0.25) is 0 Å². The Bertz CT molecular complexity index is 638. The first-order valence-electron chi connectivity index (χ1n) is 6.96. The molecule has 0 saturated carbocycles. The summed E-state index contributed by atoms with van der Waals surface area (Å²) in [7, 11) is 4.04. The number of thiophene rings is 1. The molecule has 1 heterocycles. The van der Waals surface area contributed by atoms with Gasteiger partial charge in [-0.1, -0.05) is 28.1 Å². The summed E-state index contributed by atoms with van der Waals surface area (Å²) in [5.74, 6) is -0.0814. The van der Waals surface area contributed by atoms with Crippen molar-refractivity contribution in [3.8, 4) is 0 Å². The number of likely N-dealkylation sites (N-methyl/N-ethyl adjacent to an activating group) is 1. The molecule has 0 fully saturated rings. The van der Waals surface area contributed by atoms with Crippen LogP contribution in [0.3, 0.4) is 0 Å². The molecule has 5 heteroatoms. The normalized spacial score (nSPS) is 12.7. The first-order chi connectivity index (χ1) is 10.6. The first-order valence-corrected chi connectivity index (χ1v) is 8.70. The van der Waals surface area contributed by atoms with E-state index in [2.05, 4.69) is 43.0 Å². The maximum Gasteiger partial charge on any atom is 0.244 e. The standard InChI is InChI=1S/C17H19BrN2OS/c1-20(2)16(14-8-9-22-12-14)11-19-17(21)7-6-13-4-3-5-15(18)10-13/h3-10,12,16H,11H2,1-2H3,(H,19,21)/b7-6+/t16-/m1/s1. The fourth-order valence-corrected chi connectivity index (χ4v) is 3.23. The van der Waals surface area contributed by atoms with Gasteiger partial charge in [-0.15, -0.1) is 0 Å². The highest BCUT2D eigenvalue weighted by molar-refractivity contribution is 9.10. The van der Waals surface area contributed by atoms with E-state index < -0.39 is 0 Å². The highest BCUT2D eigenvalue weighted by Gasteiger charge is 2.14. The van der Waals surface area contributed by atoms with E-state index in [0.29, 0.717) is 6.54 Å². The number of carbonyl (C=O) groups excluding carboxylic acids is 1. The zero-order valence-corrected chi connectivity index (χ0v) is 15.0. The summed E-state index contributed by atoms with van der Waals surface area (Å²) in [5.41, 5.74) is 2.22. The molecule has 0 aliphatic heterocycles. The summed E-state index contributed by atoms with van der Waals surface area (Å²) >= 11 is 5.09. The van der Waals surface area contributed by atoms with Crippen molar-refractivity contribution in [3.05, 3.63) is 62.8 Å². The zero-order valence-electron chi connectivity index (χ0n) is 12.6. The lowest BCUT2D eigenvalue weighted by Gasteiger charge is -2.23. The van der Waals surface area contributed by atoms with Crippen molar-refractivity contribution in [2.75, 3.05) is 20.6 Å². The van der Waals surface area contributed by atoms with E-state index in [1.165, 1.54) is 5.56 Å². The summed E-state index contributed by atoms with van der Waals surface area (Å²) < 4.78 is 1.00. The summed E-state index contributed by atoms with van der Waals surface area (Å²) in [6.45, 7) is 0.589. The van der Waals surface area contributed by atoms with Crippen molar-refractivity contribution in [1.82, 2.24) is 10.2 Å². The van der Waals surface area contributed by atoms with Gasteiger partial charge in [0.1, 0.15) is 0 Å². The molecule has 0 unspecified atom stereocenters.